The van der Waals surface area contributed by atoms with E-state index in [1.54, 1.807) is 0 Å². The van der Waals surface area contributed by atoms with Crippen molar-refractivity contribution in [1.82, 2.24) is 9.21 Å². The van der Waals surface area contributed by atoms with Gasteiger partial charge in [0.05, 0.1) is 10.5 Å². The molecule has 0 radical (unpaired) electrons. The quantitative estimate of drug-likeness (QED) is 0.783. The van der Waals surface area contributed by atoms with Gasteiger partial charge in [-0.1, -0.05) is 11.6 Å². The fraction of sp³-hybridized carbons (Fsp3) is 0.625. The van der Waals surface area contributed by atoms with Crippen LogP contribution in [0.1, 0.15) is 31.2 Å². The number of nitrogens with zero attached hydrogens (tertiary/aromatic N) is 2. The summed E-state index contributed by atoms with van der Waals surface area (Å²) >= 11 is 5.64. The van der Waals surface area contributed by atoms with Crippen LogP contribution in [-0.2, 0) is 16.2 Å². The average Bonchev–Trinajstić information content (AvgIpc) is 3.08. The minimum atomic E-state index is -4.78. The molecular weight excluding hydrogens is 377 g/mol. The lowest BCUT2D eigenvalue weighted by Gasteiger charge is -2.36. The van der Waals surface area contributed by atoms with Crippen molar-refractivity contribution in [2.75, 3.05) is 26.2 Å². The van der Waals surface area contributed by atoms with E-state index in [0.29, 0.717) is 24.9 Å². The number of alkyl halides is 3. The van der Waals surface area contributed by atoms with Crippen LogP contribution in [0.25, 0.3) is 0 Å². The first-order valence-electron chi connectivity index (χ1n) is 8.30. The molecule has 2 aliphatic rings. The molecule has 0 aromatic heterocycles. The monoisotopic (exact) mass is 396 g/mol. The molecule has 0 amide bonds. The summed E-state index contributed by atoms with van der Waals surface area (Å²) < 4.78 is 66.4. The first-order valence-corrected chi connectivity index (χ1v) is 10.1. The zero-order chi connectivity index (χ0) is 18.2. The maximum Gasteiger partial charge on any atom is 0.417 e. The second kappa shape index (κ2) is 7.06. The van der Waals surface area contributed by atoms with Crippen molar-refractivity contribution in [3.05, 3.63) is 28.8 Å². The lowest BCUT2D eigenvalue weighted by molar-refractivity contribution is -0.139. The van der Waals surface area contributed by atoms with Crippen molar-refractivity contribution >= 4 is 21.6 Å². The molecule has 3 rings (SSSR count). The number of rotatable bonds is 3. The minimum Gasteiger partial charge on any atom is -0.300 e. The largest absolute Gasteiger partial charge is 0.417 e. The number of hydrogen-bond donors (Lipinski definition) is 0. The van der Waals surface area contributed by atoms with Crippen LogP contribution in [0.2, 0.25) is 5.02 Å². The summed E-state index contributed by atoms with van der Waals surface area (Å²) in [6, 6.07) is 3.13. The maximum absolute atomic E-state index is 13.2. The van der Waals surface area contributed by atoms with E-state index in [2.05, 4.69) is 4.90 Å². The summed E-state index contributed by atoms with van der Waals surface area (Å²) in [4.78, 5) is 1.64. The van der Waals surface area contributed by atoms with Gasteiger partial charge in [0.25, 0.3) is 0 Å². The zero-order valence-corrected chi connectivity index (χ0v) is 15.2. The molecule has 0 spiro atoms. The van der Waals surface area contributed by atoms with E-state index in [0.717, 1.165) is 36.3 Å². The Hall–Kier alpha value is -0.830. The lowest BCUT2D eigenvalue weighted by atomic mass is 10.1. The molecule has 2 heterocycles. The number of hydrogen-bond acceptors (Lipinski definition) is 3. The number of piperidine rings is 1. The fourth-order valence-electron chi connectivity index (χ4n) is 3.64. The van der Waals surface area contributed by atoms with Crippen molar-refractivity contribution in [2.45, 2.75) is 42.8 Å². The highest BCUT2D eigenvalue weighted by atomic mass is 35.5. The van der Waals surface area contributed by atoms with Crippen molar-refractivity contribution < 1.29 is 21.6 Å². The number of likely N-dealkylation sites (tertiary alicyclic amines) is 1. The standard InChI is InChI=1S/C16H20ClF3N2O2S/c17-12-3-4-15(14(11-12)16(18,19)20)25(23,24)22-9-5-13(6-10-22)21-7-1-2-8-21/h3-4,11,13H,1-2,5-10H2. The molecule has 0 unspecified atom stereocenters. The van der Waals surface area contributed by atoms with Crippen LogP contribution in [0.15, 0.2) is 23.1 Å². The molecule has 0 N–H and O–H groups in total. The molecule has 0 atom stereocenters. The SMILES string of the molecule is O=S(=O)(c1ccc(Cl)cc1C(F)(F)F)N1CCC(N2CCCC2)CC1. The smallest absolute Gasteiger partial charge is 0.300 e. The molecule has 1 aromatic carbocycles. The van der Waals surface area contributed by atoms with Gasteiger partial charge in [0.1, 0.15) is 0 Å². The molecule has 9 heteroatoms. The van der Waals surface area contributed by atoms with Crippen LogP contribution >= 0.6 is 11.6 Å². The average molecular weight is 397 g/mol. The number of halogens is 4. The molecule has 25 heavy (non-hydrogen) atoms. The Kier molecular flexibility index (Phi) is 5.35. The van der Waals surface area contributed by atoms with E-state index in [-0.39, 0.29) is 18.1 Å². The predicted octanol–water partition coefficient (Wildman–Crippen LogP) is 3.61. The molecule has 1 aromatic rings. The lowest BCUT2D eigenvalue weighted by Crippen LogP contribution is -2.46. The van der Waals surface area contributed by atoms with Gasteiger partial charge in [-0.25, -0.2) is 8.42 Å². The van der Waals surface area contributed by atoms with E-state index >= 15 is 0 Å². The number of sulfonamides is 1. The van der Waals surface area contributed by atoms with Crippen molar-refractivity contribution in [1.29, 1.82) is 0 Å². The third kappa shape index (κ3) is 3.97. The minimum absolute atomic E-state index is 0.140. The number of benzene rings is 1. The fourth-order valence-corrected chi connectivity index (χ4v) is 5.48. The van der Waals surface area contributed by atoms with E-state index in [1.807, 2.05) is 0 Å². The third-order valence-corrected chi connectivity index (χ3v) is 7.14. The summed E-state index contributed by atoms with van der Waals surface area (Å²) in [5, 5.41) is -0.140. The van der Waals surface area contributed by atoms with Crippen LogP contribution in [0.3, 0.4) is 0 Å². The van der Waals surface area contributed by atoms with Crippen molar-refractivity contribution in [3.63, 3.8) is 0 Å². The summed E-state index contributed by atoms with van der Waals surface area (Å²) in [6.45, 7) is 2.52. The third-order valence-electron chi connectivity index (χ3n) is 4.95. The van der Waals surface area contributed by atoms with Gasteiger partial charge in [0.2, 0.25) is 10.0 Å². The van der Waals surface area contributed by atoms with Gasteiger partial charge in [-0.3, -0.25) is 0 Å². The zero-order valence-electron chi connectivity index (χ0n) is 13.6. The molecule has 2 aliphatic heterocycles. The molecule has 140 valence electrons. The Morgan fingerprint density at radius 3 is 2.20 bits per heavy atom. The van der Waals surface area contributed by atoms with Crippen LogP contribution < -0.4 is 0 Å². The topological polar surface area (TPSA) is 40.6 Å². The van der Waals surface area contributed by atoms with Crippen molar-refractivity contribution in [2.24, 2.45) is 0 Å². The molecule has 0 aliphatic carbocycles. The Morgan fingerprint density at radius 1 is 1.04 bits per heavy atom. The van der Waals surface area contributed by atoms with Crippen LogP contribution in [0.4, 0.5) is 13.2 Å². The van der Waals surface area contributed by atoms with Crippen LogP contribution in [-0.4, -0.2) is 49.8 Å². The van der Waals surface area contributed by atoms with E-state index < -0.39 is 26.7 Å². The van der Waals surface area contributed by atoms with Gasteiger partial charge in [0.15, 0.2) is 0 Å². The summed E-state index contributed by atoms with van der Waals surface area (Å²) in [7, 11) is -4.20. The van der Waals surface area contributed by atoms with Crippen molar-refractivity contribution in [3.8, 4) is 0 Å². The highest BCUT2D eigenvalue weighted by Crippen LogP contribution is 2.37. The second-order valence-corrected chi connectivity index (χ2v) is 8.86. The van der Waals surface area contributed by atoms with Gasteiger partial charge < -0.3 is 4.90 Å². The molecule has 2 fully saturated rings. The summed E-state index contributed by atoms with van der Waals surface area (Å²) in [6.07, 6.45) is -1.18. The van der Waals surface area contributed by atoms with E-state index in [1.165, 1.54) is 6.07 Å². The molecule has 0 bridgehead atoms. The van der Waals surface area contributed by atoms with Gasteiger partial charge >= 0.3 is 6.18 Å². The normalized spacial score (nSPS) is 21.8. The summed E-state index contributed by atoms with van der Waals surface area (Å²) in [5.74, 6) is 0. The van der Waals surface area contributed by atoms with Gasteiger partial charge in [-0.15, -0.1) is 0 Å². The highest BCUT2D eigenvalue weighted by molar-refractivity contribution is 7.89. The summed E-state index contributed by atoms with van der Waals surface area (Å²) in [5.41, 5.74) is -1.21. The Morgan fingerprint density at radius 2 is 1.64 bits per heavy atom. The highest BCUT2D eigenvalue weighted by Gasteiger charge is 2.40. The van der Waals surface area contributed by atoms with Gasteiger partial charge in [-0.05, 0) is 57.0 Å². The first kappa shape index (κ1) is 18.9. The van der Waals surface area contributed by atoms with Gasteiger partial charge in [0, 0.05) is 24.2 Å². The Balaban J connectivity index is 1.81. The maximum atomic E-state index is 13.2. The molecule has 4 nitrogen and oxygen atoms in total. The molecular formula is C16H20ClF3N2O2S. The van der Waals surface area contributed by atoms with Gasteiger partial charge in [-0.2, -0.15) is 17.5 Å². The molecule has 2 saturated heterocycles. The predicted molar refractivity (Wildman–Crippen MR) is 89.0 cm³/mol. The first-order chi connectivity index (χ1) is 11.7. The van der Waals surface area contributed by atoms with Crippen LogP contribution in [0.5, 0.6) is 0 Å². The Labute approximate surface area is 150 Å². The van der Waals surface area contributed by atoms with E-state index in [9.17, 15) is 21.6 Å². The van der Waals surface area contributed by atoms with Crippen LogP contribution in [0, 0.1) is 0 Å². The second-order valence-electron chi connectivity index (χ2n) is 6.52. The molecule has 0 saturated carbocycles. The van der Waals surface area contributed by atoms with E-state index in [4.69, 9.17) is 11.6 Å². The Bertz CT molecular complexity index is 725.